The first kappa shape index (κ1) is 29.4. The summed E-state index contributed by atoms with van der Waals surface area (Å²) >= 11 is 0. The Hall–Kier alpha value is -4.10. The molecule has 1 aliphatic carbocycles. The van der Waals surface area contributed by atoms with E-state index < -0.39 is 11.6 Å². The number of nitrogens with zero attached hydrogens (tertiary/aromatic N) is 5. The van der Waals surface area contributed by atoms with E-state index in [1.165, 1.54) is 12.4 Å². The van der Waals surface area contributed by atoms with Crippen LogP contribution in [0, 0.1) is 11.6 Å². The Morgan fingerprint density at radius 2 is 1.90 bits per heavy atom. The standard InChI is InChI=1S/C29H34F2N8O3/c1-2-41-9-10-42-8-4-7-19-13-25(36-17-35-19)29(40)38-21-6-3-5-20(12-21)37-28-24(31)16-34-27(39-28)23-15-33-26-22(23)11-18(30)14-32-26/h11,13-17,20-21H,2-10,12H2,1H3,(H,32,33)(H,38,40)(H,34,37,39)/t20-,21+/m0/s1. The van der Waals surface area contributed by atoms with E-state index in [1.807, 2.05) is 6.92 Å². The number of nitrogens with one attached hydrogen (secondary N) is 3. The maximum atomic E-state index is 14.7. The van der Waals surface area contributed by atoms with Crippen molar-refractivity contribution < 1.29 is 23.0 Å². The molecule has 3 N–H and O–H groups in total. The van der Waals surface area contributed by atoms with Crippen molar-refractivity contribution in [3.8, 4) is 11.4 Å². The smallest absolute Gasteiger partial charge is 0.270 e. The van der Waals surface area contributed by atoms with Gasteiger partial charge in [0.05, 0.1) is 25.6 Å². The number of aromatic amines is 1. The maximum absolute atomic E-state index is 14.7. The van der Waals surface area contributed by atoms with Crippen molar-refractivity contribution >= 4 is 22.8 Å². The number of hydrogen-bond acceptors (Lipinski definition) is 9. The van der Waals surface area contributed by atoms with Gasteiger partial charge in [-0.1, -0.05) is 0 Å². The van der Waals surface area contributed by atoms with E-state index in [0.29, 0.717) is 61.6 Å². The third kappa shape index (κ3) is 7.59. The summed E-state index contributed by atoms with van der Waals surface area (Å²) in [6.07, 6.45) is 9.70. The molecule has 2 atom stereocenters. The van der Waals surface area contributed by atoms with Crippen LogP contribution in [0.15, 0.2) is 37.1 Å². The van der Waals surface area contributed by atoms with Crippen molar-refractivity contribution in [2.24, 2.45) is 0 Å². The van der Waals surface area contributed by atoms with Gasteiger partial charge in [0.25, 0.3) is 5.91 Å². The summed E-state index contributed by atoms with van der Waals surface area (Å²) in [5.41, 5.74) is 2.09. The quantitative estimate of drug-likeness (QED) is 0.198. The van der Waals surface area contributed by atoms with Gasteiger partial charge in [0.15, 0.2) is 17.5 Å². The van der Waals surface area contributed by atoms with E-state index in [0.717, 1.165) is 43.8 Å². The summed E-state index contributed by atoms with van der Waals surface area (Å²) in [6, 6.07) is 2.81. The summed E-state index contributed by atoms with van der Waals surface area (Å²) in [4.78, 5) is 36.9. The van der Waals surface area contributed by atoms with E-state index in [9.17, 15) is 13.6 Å². The second-order valence-corrected chi connectivity index (χ2v) is 10.1. The molecule has 0 spiro atoms. The molecule has 222 valence electrons. The average molecular weight is 581 g/mol. The zero-order valence-corrected chi connectivity index (χ0v) is 23.4. The van der Waals surface area contributed by atoms with Gasteiger partial charge in [0.1, 0.15) is 23.5 Å². The molecule has 0 radical (unpaired) electrons. The Kier molecular flexibility index (Phi) is 9.93. The molecule has 1 saturated carbocycles. The number of aromatic nitrogens is 6. The van der Waals surface area contributed by atoms with E-state index in [-0.39, 0.29) is 29.6 Å². The number of halogens is 2. The van der Waals surface area contributed by atoms with Crippen molar-refractivity contribution in [3.05, 3.63) is 60.1 Å². The van der Waals surface area contributed by atoms with Crippen molar-refractivity contribution in [3.63, 3.8) is 0 Å². The monoisotopic (exact) mass is 580 g/mol. The number of fused-ring (bicyclic) bond motifs is 1. The van der Waals surface area contributed by atoms with Gasteiger partial charge in [-0.2, -0.15) is 0 Å². The van der Waals surface area contributed by atoms with Crippen LogP contribution in [0.25, 0.3) is 22.4 Å². The molecule has 4 aromatic heterocycles. The fourth-order valence-corrected chi connectivity index (χ4v) is 5.04. The van der Waals surface area contributed by atoms with Crippen LogP contribution in [-0.2, 0) is 15.9 Å². The number of aryl methyl sites for hydroxylation is 1. The molecular formula is C29H34F2N8O3. The first-order chi connectivity index (χ1) is 20.5. The Morgan fingerprint density at radius 1 is 1.05 bits per heavy atom. The van der Waals surface area contributed by atoms with Crippen LogP contribution < -0.4 is 10.6 Å². The van der Waals surface area contributed by atoms with E-state index >= 15 is 0 Å². The lowest BCUT2D eigenvalue weighted by molar-refractivity contribution is 0.0519. The molecule has 0 saturated heterocycles. The first-order valence-electron chi connectivity index (χ1n) is 14.2. The van der Waals surface area contributed by atoms with Gasteiger partial charge in [-0.25, -0.2) is 33.7 Å². The molecule has 0 bridgehead atoms. The van der Waals surface area contributed by atoms with Gasteiger partial charge in [-0.15, -0.1) is 0 Å². The van der Waals surface area contributed by atoms with Gasteiger partial charge < -0.3 is 25.1 Å². The number of amides is 1. The minimum absolute atomic E-state index is 0.0537. The normalized spacial score (nSPS) is 16.9. The van der Waals surface area contributed by atoms with E-state index in [1.54, 1.807) is 12.3 Å². The molecule has 4 heterocycles. The average Bonchev–Trinajstić information content (AvgIpc) is 3.41. The minimum atomic E-state index is -0.595. The highest BCUT2D eigenvalue weighted by molar-refractivity contribution is 5.92. The molecule has 0 aliphatic heterocycles. The van der Waals surface area contributed by atoms with Crippen LogP contribution in [-0.4, -0.2) is 74.3 Å². The fraction of sp³-hybridized carbons (Fsp3) is 0.448. The number of anilines is 1. The van der Waals surface area contributed by atoms with E-state index in [2.05, 4.69) is 40.5 Å². The summed E-state index contributed by atoms with van der Waals surface area (Å²) in [5.74, 6) is -1.06. The Bertz CT molecular complexity index is 1500. The third-order valence-electron chi connectivity index (χ3n) is 7.09. The molecule has 42 heavy (non-hydrogen) atoms. The third-order valence-corrected chi connectivity index (χ3v) is 7.09. The molecular weight excluding hydrogens is 546 g/mol. The highest BCUT2D eigenvalue weighted by Crippen LogP contribution is 2.28. The van der Waals surface area contributed by atoms with Gasteiger partial charge in [-0.3, -0.25) is 4.79 Å². The first-order valence-corrected chi connectivity index (χ1v) is 14.2. The van der Waals surface area contributed by atoms with Crippen LogP contribution >= 0.6 is 0 Å². The number of ether oxygens (including phenoxy) is 2. The second-order valence-electron chi connectivity index (χ2n) is 10.1. The van der Waals surface area contributed by atoms with Crippen molar-refractivity contribution in [2.75, 3.05) is 31.7 Å². The predicted octanol–water partition coefficient (Wildman–Crippen LogP) is 4.23. The number of hydrogen-bond donors (Lipinski definition) is 3. The zero-order chi connectivity index (χ0) is 29.3. The fourth-order valence-electron chi connectivity index (χ4n) is 5.04. The molecule has 0 aromatic carbocycles. The Morgan fingerprint density at radius 3 is 2.79 bits per heavy atom. The molecule has 0 unspecified atom stereocenters. The zero-order valence-electron chi connectivity index (χ0n) is 23.4. The highest BCUT2D eigenvalue weighted by Gasteiger charge is 2.25. The lowest BCUT2D eigenvalue weighted by Crippen LogP contribution is -2.42. The molecule has 1 amide bonds. The second kappa shape index (κ2) is 14.2. The number of H-pyrrole nitrogens is 1. The van der Waals surface area contributed by atoms with Crippen molar-refractivity contribution in [1.82, 2.24) is 35.2 Å². The van der Waals surface area contributed by atoms with Crippen LogP contribution in [0.5, 0.6) is 0 Å². The summed E-state index contributed by atoms with van der Waals surface area (Å²) in [6.45, 7) is 4.33. The van der Waals surface area contributed by atoms with E-state index in [4.69, 9.17) is 9.47 Å². The summed E-state index contributed by atoms with van der Waals surface area (Å²) < 4.78 is 39.3. The van der Waals surface area contributed by atoms with Gasteiger partial charge in [-0.05, 0) is 57.6 Å². The van der Waals surface area contributed by atoms with Crippen molar-refractivity contribution in [2.45, 2.75) is 57.5 Å². The van der Waals surface area contributed by atoms with Crippen LogP contribution in [0.1, 0.15) is 55.2 Å². The Labute approximate surface area is 241 Å². The summed E-state index contributed by atoms with van der Waals surface area (Å²) in [7, 11) is 0. The number of carbonyl (C=O) groups excluding carboxylic acids is 1. The highest BCUT2D eigenvalue weighted by atomic mass is 19.1. The van der Waals surface area contributed by atoms with Crippen LogP contribution in [0.2, 0.25) is 0 Å². The Balaban J connectivity index is 1.16. The lowest BCUT2D eigenvalue weighted by atomic mass is 9.91. The predicted molar refractivity (Wildman–Crippen MR) is 152 cm³/mol. The van der Waals surface area contributed by atoms with Gasteiger partial charge in [0.2, 0.25) is 0 Å². The van der Waals surface area contributed by atoms with Crippen LogP contribution in [0.3, 0.4) is 0 Å². The SMILES string of the molecule is CCOCCOCCCc1cc(C(=O)N[C@@H]2CCC[C@H](Nc3nc(-c4c[nH]c5ncc(F)cc45)ncc3F)C2)ncn1. The molecule has 5 rings (SSSR count). The topological polar surface area (TPSA) is 140 Å². The molecule has 1 aliphatic rings. The number of carbonyl (C=O) groups is 1. The van der Waals surface area contributed by atoms with Gasteiger partial charge in [0, 0.05) is 48.1 Å². The van der Waals surface area contributed by atoms with Crippen molar-refractivity contribution in [1.29, 1.82) is 0 Å². The summed E-state index contributed by atoms with van der Waals surface area (Å²) in [5, 5.41) is 6.76. The molecule has 1 fully saturated rings. The minimum Gasteiger partial charge on any atom is -0.379 e. The molecule has 4 aromatic rings. The number of rotatable bonds is 13. The lowest BCUT2D eigenvalue weighted by Gasteiger charge is -2.30. The number of pyridine rings is 1. The van der Waals surface area contributed by atoms with Gasteiger partial charge >= 0.3 is 0 Å². The molecule has 11 nitrogen and oxygen atoms in total. The van der Waals surface area contributed by atoms with Crippen LogP contribution in [0.4, 0.5) is 14.6 Å². The maximum Gasteiger partial charge on any atom is 0.270 e. The molecule has 13 heteroatoms. The largest absolute Gasteiger partial charge is 0.379 e.